The molecule has 0 fully saturated rings. The second kappa shape index (κ2) is 3.96. The topological polar surface area (TPSA) is 26.3 Å². The van der Waals surface area contributed by atoms with Gasteiger partial charge in [-0.1, -0.05) is 28.1 Å². The van der Waals surface area contributed by atoms with Crippen molar-refractivity contribution >= 4 is 27.7 Å². The molecule has 0 amide bonds. The van der Waals surface area contributed by atoms with Gasteiger partial charge >= 0.3 is 5.97 Å². The summed E-state index contributed by atoms with van der Waals surface area (Å²) in [6, 6.07) is 7.71. The predicted octanol–water partition coefficient (Wildman–Crippen LogP) is 3.13. The second-order valence-corrected chi connectivity index (χ2v) is 4.00. The molecule has 1 aliphatic rings. The molecule has 0 N–H and O–H groups in total. The van der Waals surface area contributed by atoms with E-state index in [9.17, 15) is 4.79 Å². The molecule has 1 aromatic rings. The van der Waals surface area contributed by atoms with E-state index in [2.05, 4.69) is 15.9 Å². The van der Waals surface area contributed by atoms with Gasteiger partial charge in [-0.05, 0) is 24.6 Å². The Balaban J connectivity index is 2.26. The Kier molecular flexibility index (Phi) is 2.68. The summed E-state index contributed by atoms with van der Waals surface area (Å²) in [7, 11) is 0. The maximum Gasteiger partial charge on any atom is 0.311 e. The van der Waals surface area contributed by atoms with Crippen LogP contribution in [0, 0.1) is 0 Å². The maximum absolute atomic E-state index is 11.0. The number of hydrogen-bond donors (Lipinski definition) is 0. The highest BCUT2D eigenvalue weighted by Gasteiger charge is 2.13. The molecule has 72 valence electrons. The zero-order valence-electron chi connectivity index (χ0n) is 7.50. The van der Waals surface area contributed by atoms with E-state index in [1.807, 2.05) is 30.3 Å². The van der Waals surface area contributed by atoms with Gasteiger partial charge < -0.3 is 4.74 Å². The van der Waals surface area contributed by atoms with E-state index in [0.29, 0.717) is 12.2 Å². The first-order chi connectivity index (χ1) is 6.75. The van der Waals surface area contributed by atoms with Crippen molar-refractivity contribution in [3.05, 3.63) is 40.4 Å². The Morgan fingerprint density at radius 2 is 1.93 bits per heavy atom. The molecule has 0 spiro atoms. The van der Waals surface area contributed by atoms with Crippen LogP contribution >= 0.6 is 15.9 Å². The lowest BCUT2D eigenvalue weighted by Crippen LogP contribution is -2.07. The van der Waals surface area contributed by atoms with Crippen molar-refractivity contribution in [3.8, 4) is 0 Å². The average Bonchev–Trinajstić information content (AvgIpc) is 2.19. The first-order valence-electron chi connectivity index (χ1n) is 4.42. The Morgan fingerprint density at radius 3 is 2.57 bits per heavy atom. The molecule has 0 radical (unpaired) electrons. The summed E-state index contributed by atoms with van der Waals surface area (Å²) in [4.78, 5) is 11.0. The molecule has 1 aromatic carbocycles. The van der Waals surface area contributed by atoms with Gasteiger partial charge in [-0.2, -0.15) is 0 Å². The Bertz CT molecular complexity index is 379. The van der Waals surface area contributed by atoms with E-state index in [1.54, 1.807) is 0 Å². The molecule has 0 aromatic heterocycles. The molecule has 1 aliphatic heterocycles. The van der Waals surface area contributed by atoms with Crippen LogP contribution in [0.2, 0.25) is 0 Å². The third-order valence-corrected chi connectivity index (χ3v) is 2.56. The van der Waals surface area contributed by atoms with Gasteiger partial charge in [-0.3, -0.25) is 4.79 Å². The lowest BCUT2D eigenvalue weighted by Gasteiger charge is -2.12. The molecule has 3 heteroatoms. The van der Waals surface area contributed by atoms with Crippen LogP contribution in [0.15, 0.2) is 34.8 Å². The fraction of sp³-hybridized carbons (Fsp3) is 0.182. The van der Waals surface area contributed by atoms with Crippen LogP contribution in [0.5, 0.6) is 0 Å². The van der Waals surface area contributed by atoms with Gasteiger partial charge in [0, 0.05) is 16.5 Å². The number of esters is 1. The fourth-order valence-electron chi connectivity index (χ4n) is 1.33. The van der Waals surface area contributed by atoms with Crippen LogP contribution in [-0.4, -0.2) is 5.97 Å². The van der Waals surface area contributed by atoms with E-state index in [1.165, 1.54) is 0 Å². The third kappa shape index (κ3) is 2.04. The van der Waals surface area contributed by atoms with Gasteiger partial charge in [0.2, 0.25) is 0 Å². The van der Waals surface area contributed by atoms with Gasteiger partial charge in [0.15, 0.2) is 0 Å². The molecule has 2 rings (SSSR count). The minimum Gasteiger partial charge on any atom is -0.426 e. The molecule has 0 saturated heterocycles. The van der Waals surface area contributed by atoms with Crippen LogP contribution < -0.4 is 0 Å². The van der Waals surface area contributed by atoms with Gasteiger partial charge in [0.25, 0.3) is 0 Å². The van der Waals surface area contributed by atoms with Crippen molar-refractivity contribution in [1.82, 2.24) is 0 Å². The smallest absolute Gasteiger partial charge is 0.311 e. The molecule has 0 unspecified atom stereocenters. The van der Waals surface area contributed by atoms with Gasteiger partial charge in [-0.25, -0.2) is 0 Å². The van der Waals surface area contributed by atoms with Crippen molar-refractivity contribution in [3.63, 3.8) is 0 Å². The highest BCUT2D eigenvalue weighted by molar-refractivity contribution is 9.10. The predicted molar refractivity (Wildman–Crippen MR) is 57.4 cm³/mol. The highest BCUT2D eigenvalue weighted by Crippen LogP contribution is 2.23. The molecule has 0 atom stereocenters. The third-order valence-electron chi connectivity index (χ3n) is 2.03. The summed E-state index contributed by atoms with van der Waals surface area (Å²) in [6.07, 6.45) is 3.20. The zero-order valence-corrected chi connectivity index (χ0v) is 9.08. The summed E-state index contributed by atoms with van der Waals surface area (Å²) in [6.45, 7) is 0. The largest absolute Gasteiger partial charge is 0.426 e. The normalized spacial score (nSPS) is 16.1. The SMILES string of the molecule is O=C1CCC=C(c2ccc(Br)cc2)O1. The summed E-state index contributed by atoms with van der Waals surface area (Å²) < 4.78 is 6.14. The van der Waals surface area contributed by atoms with Crippen LogP contribution in [0.1, 0.15) is 18.4 Å². The fourth-order valence-corrected chi connectivity index (χ4v) is 1.59. The molecule has 2 nitrogen and oxygen atoms in total. The number of halogens is 1. The molecule has 0 saturated carbocycles. The molecule has 0 bridgehead atoms. The number of allylic oxidation sites excluding steroid dienone is 1. The van der Waals surface area contributed by atoms with Crippen LogP contribution in [0.3, 0.4) is 0 Å². The van der Waals surface area contributed by atoms with Gasteiger partial charge in [-0.15, -0.1) is 0 Å². The van der Waals surface area contributed by atoms with Crippen LogP contribution in [0.25, 0.3) is 5.76 Å². The Morgan fingerprint density at radius 1 is 1.21 bits per heavy atom. The van der Waals surface area contributed by atoms with Crippen molar-refractivity contribution < 1.29 is 9.53 Å². The number of benzene rings is 1. The molecular formula is C11H9BrO2. The van der Waals surface area contributed by atoms with Crippen LogP contribution in [-0.2, 0) is 9.53 Å². The quantitative estimate of drug-likeness (QED) is 0.719. The van der Waals surface area contributed by atoms with Crippen molar-refractivity contribution in [2.75, 3.05) is 0 Å². The molecule has 0 aliphatic carbocycles. The second-order valence-electron chi connectivity index (χ2n) is 3.09. The summed E-state index contributed by atoms with van der Waals surface area (Å²) >= 11 is 3.35. The molecular weight excluding hydrogens is 244 g/mol. The number of cyclic esters (lactones) is 1. The molecule has 1 heterocycles. The lowest BCUT2D eigenvalue weighted by molar-refractivity contribution is -0.137. The van der Waals surface area contributed by atoms with Crippen molar-refractivity contribution in [2.45, 2.75) is 12.8 Å². The minimum atomic E-state index is -0.148. The first-order valence-corrected chi connectivity index (χ1v) is 5.22. The number of carbonyl (C=O) groups excluding carboxylic acids is 1. The monoisotopic (exact) mass is 252 g/mol. The van der Waals surface area contributed by atoms with Crippen LogP contribution in [0.4, 0.5) is 0 Å². The van der Waals surface area contributed by atoms with Crippen molar-refractivity contribution in [1.29, 1.82) is 0 Å². The Hall–Kier alpha value is -1.09. The van der Waals surface area contributed by atoms with Crippen molar-refractivity contribution in [2.24, 2.45) is 0 Å². The number of hydrogen-bond acceptors (Lipinski definition) is 2. The number of rotatable bonds is 1. The lowest BCUT2D eigenvalue weighted by atomic mass is 10.1. The summed E-state index contributed by atoms with van der Waals surface area (Å²) in [5.41, 5.74) is 0.946. The molecule has 14 heavy (non-hydrogen) atoms. The van der Waals surface area contributed by atoms with E-state index in [4.69, 9.17) is 4.74 Å². The average molecular weight is 253 g/mol. The first kappa shape index (κ1) is 9.46. The van der Waals surface area contributed by atoms with E-state index in [0.717, 1.165) is 16.5 Å². The summed E-state index contributed by atoms with van der Waals surface area (Å²) in [5.74, 6) is 0.527. The number of carbonyl (C=O) groups is 1. The maximum atomic E-state index is 11.0. The van der Waals surface area contributed by atoms with Gasteiger partial charge in [0.05, 0.1) is 0 Å². The van der Waals surface area contributed by atoms with E-state index in [-0.39, 0.29) is 5.97 Å². The Labute approximate surface area is 90.7 Å². The van der Waals surface area contributed by atoms with E-state index >= 15 is 0 Å². The number of ether oxygens (including phenoxy) is 1. The van der Waals surface area contributed by atoms with Gasteiger partial charge in [0.1, 0.15) is 5.76 Å². The minimum absolute atomic E-state index is 0.148. The zero-order chi connectivity index (χ0) is 9.97. The highest BCUT2D eigenvalue weighted by atomic mass is 79.9. The standard InChI is InChI=1S/C11H9BrO2/c12-9-6-4-8(5-7-9)10-2-1-3-11(13)14-10/h2,4-7H,1,3H2. The summed E-state index contributed by atoms with van der Waals surface area (Å²) in [5, 5.41) is 0. The van der Waals surface area contributed by atoms with E-state index < -0.39 is 0 Å².